The van der Waals surface area contributed by atoms with E-state index < -0.39 is 21.6 Å². The van der Waals surface area contributed by atoms with Gasteiger partial charge in [-0.3, -0.25) is 4.79 Å². The molecule has 0 fully saturated rings. The summed E-state index contributed by atoms with van der Waals surface area (Å²) >= 11 is 18.9. The molecule has 22 heavy (non-hydrogen) atoms. The maximum atomic E-state index is 9.43. The Morgan fingerprint density at radius 1 is 0.909 bits per heavy atom. The summed E-state index contributed by atoms with van der Waals surface area (Å²) in [6, 6.07) is 0. The first-order valence-corrected chi connectivity index (χ1v) is 5.40. The third-order valence-electron chi connectivity index (χ3n) is 0.567. The van der Waals surface area contributed by atoms with Crippen LogP contribution in [0.4, 0.5) is 0 Å². The summed E-state index contributed by atoms with van der Waals surface area (Å²) in [4.78, 5) is 26.7. The molecule has 8 nitrogen and oxygen atoms in total. The second kappa shape index (κ2) is 33.4. The van der Waals surface area contributed by atoms with Crippen LogP contribution >= 0.6 is 46.4 Å². The fourth-order valence-corrected chi connectivity index (χ4v) is 0. The Balaban J connectivity index is -0.0000000201. The summed E-state index contributed by atoms with van der Waals surface area (Å²) in [5, 5.41) is 18.6. The van der Waals surface area contributed by atoms with Gasteiger partial charge in [-0.05, 0) is 0 Å². The average molecular weight is 629 g/mol. The maximum absolute atomic E-state index is 9.43. The van der Waals surface area contributed by atoms with Crippen LogP contribution in [0.1, 0.15) is 0 Å². The van der Waals surface area contributed by atoms with Crippen LogP contribution in [0, 0.1) is 0 Å². The Hall–Kier alpha value is 0.758. The van der Waals surface area contributed by atoms with Crippen LogP contribution < -0.4 is 47.3 Å². The van der Waals surface area contributed by atoms with E-state index in [1.165, 1.54) is 4.90 Å². The number of amides is 1. The molecule has 0 rings (SSSR count). The molecule has 0 aromatic carbocycles. The van der Waals surface area contributed by atoms with E-state index >= 15 is 0 Å². The average Bonchev–Trinajstić information content (AvgIpc) is 2.19. The molecule has 0 aliphatic carbocycles. The molecular formula is C7H15Cl6N3O5Pt. The van der Waals surface area contributed by atoms with Gasteiger partial charge in [0.25, 0.3) is 0 Å². The van der Waals surface area contributed by atoms with E-state index in [1.807, 2.05) is 0 Å². The van der Waals surface area contributed by atoms with Gasteiger partial charge in [-0.2, -0.15) is 0 Å². The third kappa shape index (κ3) is 70.0. The first-order valence-electron chi connectivity index (χ1n) is 3.66. The minimum absolute atomic E-state index is 0. The second-order valence-electron chi connectivity index (χ2n) is 2.31. The quantitative estimate of drug-likeness (QED) is 0.231. The molecule has 0 saturated heterocycles. The van der Waals surface area contributed by atoms with E-state index in [1.54, 1.807) is 14.1 Å². The first kappa shape index (κ1) is 49.5. The Morgan fingerprint density at radius 3 is 1.00 bits per heavy atom. The number of carboxylic acid groups (broad SMARTS) is 2. The number of aliphatic carboxylic acids is 2. The van der Waals surface area contributed by atoms with E-state index in [2.05, 4.69) is 0 Å². The molecule has 1 amide bonds. The van der Waals surface area contributed by atoms with Crippen molar-refractivity contribution in [2.24, 2.45) is 0 Å². The van der Waals surface area contributed by atoms with Crippen LogP contribution in [-0.4, -0.2) is 47.0 Å². The van der Waals surface area contributed by atoms with Gasteiger partial charge in [0.1, 0.15) is 9.67 Å². The number of alkyl halides is 4. The molecule has 0 spiro atoms. The van der Waals surface area contributed by atoms with E-state index in [0.29, 0.717) is 0 Å². The minimum atomic E-state index is -1.46. The van der Waals surface area contributed by atoms with Crippen molar-refractivity contribution in [3.8, 4) is 0 Å². The molecule has 0 radical (unpaired) electrons. The number of hydrogen-bond donors (Lipinski definition) is 2. The van der Waals surface area contributed by atoms with Crippen LogP contribution in [0.3, 0.4) is 0 Å². The van der Waals surface area contributed by atoms with E-state index in [4.69, 9.17) is 46.4 Å². The van der Waals surface area contributed by atoms with E-state index in [0.717, 1.165) is 6.41 Å². The van der Waals surface area contributed by atoms with Crippen LogP contribution in [0.15, 0.2) is 0 Å². The Bertz CT molecular complexity index is 233. The minimum Gasteiger partial charge on any atom is -1.00 e. The molecule has 0 aromatic rings. The van der Waals surface area contributed by atoms with Crippen molar-refractivity contribution in [3.05, 3.63) is 0 Å². The van der Waals surface area contributed by atoms with Crippen LogP contribution in [0.5, 0.6) is 0 Å². The fraction of sp³-hybridized carbons (Fsp3) is 0.571. The summed E-state index contributed by atoms with van der Waals surface area (Å²) in [7, 11) is 3.38. The molecule has 0 heterocycles. The monoisotopic (exact) mass is 626 g/mol. The van der Waals surface area contributed by atoms with Gasteiger partial charge >= 0.3 is 21.1 Å². The van der Waals surface area contributed by atoms with Gasteiger partial charge in [0.05, 0.1) is 11.9 Å². The maximum Gasteiger partial charge on any atom is 4.00 e. The zero-order valence-corrected chi connectivity index (χ0v) is 18.0. The molecule has 0 aliphatic heterocycles. The van der Waals surface area contributed by atoms with Gasteiger partial charge in [-0.25, -0.2) is 0 Å². The summed E-state index contributed by atoms with van der Waals surface area (Å²) in [6.07, 6.45) is 0.750. The van der Waals surface area contributed by atoms with Gasteiger partial charge in [-0.1, -0.05) is 46.4 Å². The summed E-state index contributed by atoms with van der Waals surface area (Å²) in [5.41, 5.74) is 0. The molecule has 0 aromatic heterocycles. The first-order chi connectivity index (χ1) is 7.56. The number of halogens is 6. The number of nitrogens with zero attached hydrogens (tertiary/aromatic N) is 1. The predicted molar refractivity (Wildman–Crippen MR) is 70.8 cm³/mol. The van der Waals surface area contributed by atoms with Gasteiger partial charge < -0.3 is 61.8 Å². The summed E-state index contributed by atoms with van der Waals surface area (Å²) < 4.78 is 0. The molecule has 15 heteroatoms. The number of carbonyl (C=O) groups is 3. The van der Waals surface area contributed by atoms with Crippen molar-refractivity contribution in [3.63, 3.8) is 0 Å². The van der Waals surface area contributed by atoms with E-state index in [-0.39, 0.29) is 58.2 Å². The molecule has 140 valence electrons. The number of hydrogen-bond acceptors (Lipinski definition) is 7. The standard InChI is InChI=1S/C3H7NO.2C2H2Cl2O2.2ClH.2H3N.Pt/c1-4(2)3-5;2*3-1(4)2(5)6;;;;;/h3H,1-2H3;2*1H,(H,5,6);2*1H;2*1H3;/q;;;;;;;+4/p-4. The van der Waals surface area contributed by atoms with E-state index in [9.17, 15) is 24.6 Å². The van der Waals surface area contributed by atoms with Crippen molar-refractivity contribution in [2.75, 3.05) is 14.1 Å². The Morgan fingerprint density at radius 2 is 1.00 bits per heavy atom. The molecule has 0 atom stereocenters. The molecular weight excluding hydrogens is 614 g/mol. The number of rotatable bonds is 3. The number of carboxylic acids is 2. The van der Waals surface area contributed by atoms with Crippen molar-refractivity contribution < 1.29 is 70.5 Å². The normalized spacial score (nSPS) is 6.55. The Labute approximate surface area is 175 Å². The second-order valence-corrected chi connectivity index (χ2v) is 4.50. The Kier molecular flexibility index (Phi) is 75.1. The molecule has 0 aliphatic rings. The van der Waals surface area contributed by atoms with Crippen LogP contribution in [-0.2, 0) is 35.4 Å². The van der Waals surface area contributed by atoms with Crippen LogP contribution in [0.2, 0.25) is 0 Å². The summed E-state index contributed by atoms with van der Waals surface area (Å²) in [5.74, 6) is -2.92. The molecule has 0 unspecified atom stereocenters. The fourth-order valence-electron chi connectivity index (χ4n) is 0. The number of carbonyl (C=O) groups excluding carboxylic acids is 3. The van der Waals surface area contributed by atoms with Crippen LogP contribution in [0.25, 0.3) is 0 Å². The topological polar surface area (TPSA) is 171 Å². The third-order valence-corrected chi connectivity index (χ3v) is 1.28. The van der Waals surface area contributed by atoms with Crippen molar-refractivity contribution in [1.29, 1.82) is 0 Å². The van der Waals surface area contributed by atoms with Crippen molar-refractivity contribution in [1.82, 2.24) is 17.2 Å². The van der Waals surface area contributed by atoms with Gasteiger partial charge in [0, 0.05) is 14.1 Å². The smallest absolute Gasteiger partial charge is 1.00 e. The van der Waals surface area contributed by atoms with Crippen molar-refractivity contribution >= 4 is 64.8 Å². The SMILES string of the molecule is CN(C)C=O.N.N.O=C([O-])C(Cl)Cl.O=C([O-])C(Cl)Cl.[Cl-].[Cl-].[Pt+4]. The predicted octanol–water partition coefficient (Wildman–Crippen LogP) is -6.89. The largest absolute Gasteiger partial charge is 4.00 e. The summed E-state index contributed by atoms with van der Waals surface area (Å²) in [6.45, 7) is 0. The van der Waals surface area contributed by atoms with Crippen molar-refractivity contribution in [2.45, 2.75) is 9.67 Å². The molecule has 0 bridgehead atoms. The zero-order chi connectivity index (χ0) is 14.6. The van der Waals surface area contributed by atoms with Gasteiger partial charge in [-0.15, -0.1) is 0 Å². The molecule has 6 N–H and O–H groups in total. The molecule has 0 saturated carbocycles. The van der Waals surface area contributed by atoms with Gasteiger partial charge in [0.15, 0.2) is 0 Å². The zero-order valence-electron chi connectivity index (χ0n) is 11.2. The van der Waals surface area contributed by atoms with Gasteiger partial charge in [0.2, 0.25) is 6.41 Å².